The van der Waals surface area contributed by atoms with Gasteiger partial charge in [0.1, 0.15) is 5.56 Å². The van der Waals surface area contributed by atoms with Crippen molar-refractivity contribution in [2.24, 2.45) is 5.73 Å². The van der Waals surface area contributed by atoms with Crippen LogP contribution in [-0.4, -0.2) is 16.0 Å². The summed E-state index contributed by atoms with van der Waals surface area (Å²) in [5, 5.41) is 9.01. The summed E-state index contributed by atoms with van der Waals surface area (Å²) < 4.78 is 36.5. The van der Waals surface area contributed by atoms with Crippen LogP contribution in [0.2, 0.25) is 0 Å². The number of pyridine rings is 1. The first-order chi connectivity index (χ1) is 6.34. The molecule has 4 nitrogen and oxygen atoms in total. The van der Waals surface area contributed by atoms with Crippen molar-refractivity contribution in [3.8, 4) is 5.75 Å². The van der Waals surface area contributed by atoms with Crippen LogP contribution in [0.25, 0.3) is 0 Å². The second-order valence-electron chi connectivity index (χ2n) is 2.42. The van der Waals surface area contributed by atoms with Gasteiger partial charge in [0.25, 0.3) is 5.91 Å². The van der Waals surface area contributed by atoms with Crippen LogP contribution in [0.4, 0.5) is 13.2 Å². The minimum atomic E-state index is -4.74. The van der Waals surface area contributed by atoms with Crippen molar-refractivity contribution in [3.63, 3.8) is 0 Å². The van der Waals surface area contributed by atoms with E-state index >= 15 is 0 Å². The fraction of sp³-hybridized carbons (Fsp3) is 0.143. The Hall–Kier alpha value is -1.79. The van der Waals surface area contributed by atoms with Gasteiger partial charge in [-0.3, -0.25) is 4.79 Å². The largest absolute Gasteiger partial charge is 0.505 e. The van der Waals surface area contributed by atoms with Crippen LogP contribution in [0.1, 0.15) is 16.1 Å². The molecule has 0 bridgehead atoms. The van der Waals surface area contributed by atoms with Gasteiger partial charge in [0.2, 0.25) is 0 Å². The number of rotatable bonds is 1. The molecule has 1 aromatic heterocycles. The van der Waals surface area contributed by atoms with Crippen LogP contribution in [0.15, 0.2) is 12.3 Å². The summed E-state index contributed by atoms with van der Waals surface area (Å²) in [4.78, 5) is 13.8. The van der Waals surface area contributed by atoms with Gasteiger partial charge in [-0.15, -0.1) is 0 Å². The number of carbonyl (C=O) groups is 1. The van der Waals surface area contributed by atoms with Crippen molar-refractivity contribution in [2.75, 3.05) is 0 Å². The maximum atomic E-state index is 12.2. The molecule has 0 saturated carbocycles. The molecule has 0 aliphatic rings. The lowest BCUT2D eigenvalue weighted by atomic mass is 10.2. The number of nitrogens with zero attached hydrogens (tertiary/aromatic N) is 1. The number of nitrogens with two attached hydrogens (primary N) is 1. The molecule has 1 rings (SSSR count). The molecule has 0 spiro atoms. The van der Waals surface area contributed by atoms with E-state index in [1.807, 2.05) is 0 Å². The standard InChI is InChI=1S/C7H5F3N2O2/c8-7(9,10)3-1-2-12-4(5(3)13)6(11)14/h1-2,13H,(H2,11,14). The Balaban J connectivity index is 3.35. The molecule has 0 saturated heterocycles. The van der Waals surface area contributed by atoms with Gasteiger partial charge in [0.15, 0.2) is 11.4 Å². The summed E-state index contributed by atoms with van der Waals surface area (Å²) in [5.41, 5.74) is 2.57. The maximum absolute atomic E-state index is 12.2. The van der Waals surface area contributed by atoms with E-state index in [1.165, 1.54) is 0 Å². The fourth-order valence-corrected chi connectivity index (χ4v) is 0.863. The quantitative estimate of drug-likeness (QED) is 0.716. The van der Waals surface area contributed by atoms with E-state index < -0.39 is 29.1 Å². The highest BCUT2D eigenvalue weighted by atomic mass is 19.4. The van der Waals surface area contributed by atoms with E-state index in [0.717, 1.165) is 6.20 Å². The Kier molecular flexibility index (Phi) is 2.33. The zero-order chi connectivity index (χ0) is 10.9. The number of primary amides is 1. The number of halogens is 3. The van der Waals surface area contributed by atoms with E-state index in [2.05, 4.69) is 4.98 Å². The van der Waals surface area contributed by atoms with Crippen molar-refractivity contribution < 1.29 is 23.1 Å². The number of alkyl halides is 3. The summed E-state index contributed by atoms with van der Waals surface area (Å²) in [6.07, 6.45) is -3.99. The first-order valence-electron chi connectivity index (χ1n) is 3.39. The number of hydrogen-bond acceptors (Lipinski definition) is 3. The van der Waals surface area contributed by atoms with Crippen molar-refractivity contribution in [1.29, 1.82) is 0 Å². The Morgan fingerprint density at radius 3 is 2.50 bits per heavy atom. The lowest BCUT2D eigenvalue weighted by molar-refractivity contribution is -0.138. The van der Waals surface area contributed by atoms with Gasteiger partial charge in [0, 0.05) is 6.20 Å². The normalized spacial score (nSPS) is 11.4. The van der Waals surface area contributed by atoms with E-state index in [0.29, 0.717) is 6.07 Å². The second-order valence-corrected chi connectivity index (χ2v) is 2.42. The van der Waals surface area contributed by atoms with Gasteiger partial charge in [-0.25, -0.2) is 4.98 Å². The highest BCUT2D eigenvalue weighted by Gasteiger charge is 2.35. The molecule has 7 heteroatoms. The number of amides is 1. The first-order valence-corrected chi connectivity index (χ1v) is 3.39. The molecule has 3 N–H and O–H groups in total. The van der Waals surface area contributed by atoms with E-state index in [9.17, 15) is 18.0 Å². The molecule has 0 aliphatic heterocycles. The van der Waals surface area contributed by atoms with Crippen molar-refractivity contribution >= 4 is 5.91 Å². The van der Waals surface area contributed by atoms with Crippen molar-refractivity contribution in [2.45, 2.75) is 6.18 Å². The van der Waals surface area contributed by atoms with Gasteiger partial charge in [-0.2, -0.15) is 13.2 Å². The molecular weight excluding hydrogens is 201 g/mol. The third-order valence-corrected chi connectivity index (χ3v) is 1.46. The minimum absolute atomic E-state index is 0.557. The SMILES string of the molecule is NC(=O)c1nccc(C(F)(F)F)c1O. The molecule has 1 heterocycles. The summed E-state index contributed by atoms with van der Waals surface area (Å²) >= 11 is 0. The predicted octanol–water partition coefficient (Wildman–Crippen LogP) is 0.905. The number of aromatic hydroxyl groups is 1. The molecule has 0 unspecified atom stereocenters. The smallest absolute Gasteiger partial charge is 0.420 e. The molecule has 1 amide bonds. The average Bonchev–Trinajstić information content (AvgIpc) is 2.01. The molecule has 1 aromatic rings. The molecule has 0 fully saturated rings. The number of aromatic nitrogens is 1. The lowest BCUT2D eigenvalue weighted by Crippen LogP contribution is -2.16. The summed E-state index contributed by atoms with van der Waals surface area (Å²) in [6, 6.07) is 0.557. The third kappa shape index (κ3) is 1.76. The topological polar surface area (TPSA) is 76.2 Å². The Bertz CT molecular complexity index is 376. The van der Waals surface area contributed by atoms with Gasteiger partial charge in [-0.1, -0.05) is 0 Å². The predicted molar refractivity (Wildman–Crippen MR) is 39.4 cm³/mol. The Labute approximate surface area is 76.2 Å². The van der Waals surface area contributed by atoms with E-state index in [1.54, 1.807) is 0 Å². The van der Waals surface area contributed by atoms with Crippen LogP contribution in [-0.2, 0) is 6.18 Å². The monoisotopic (exact) mass is 206 g/mol. The Morgan fingerprint density at radius 2 is 2.07 bits per heavy atom. The first kappa shape index (κ1) is 10.3. The van der Waals surface area contributed by atoms with Crippen LogP contribution in [0.3, 0.4) is 0 Å². The molecule has 14 heavy (non-hydrogen) atoms. The van der Waals surface area contributed by atoms with Gasteiger partial charge in [0.05, 0.1) is 0 Å². The molecular formula is C7H5F3N2O2. The molecule has 0 aliphatic carbocycles. The van der Waals surface area contributed by atoms with E-state index in [-0.39, 0.29) is 0 Å². The molecule has 0 aromatic carbocycles. The van der Waals surface area contributed by atoms with Crippen LogP contribution < -0.4 is 5.73 Å². The molecule has 0 atom stereocenters. The molecule has 0 radical (unpaired) electrons. The Morgan fingerprint density at radius 1 is 1.50 bits per heavy atom. The number of carbonyl (C=O) groups excluding carboxylic acids is 1. The van der Waals surface area contributed by atoms with Crippen LogP contribution in [0, 0.1) is 0 Å². The van der Waals surface area contributed by atoms with Crippen molar-refractivity contribution in [3.05, 3.63) is 23.5 Å². The van der Waals surface area contributed by atoms with Crippen LogP contribution >= 0.6 is 0 Å². The third-order valence-electron chi connectivity index (χ3n) is 1.46. The maximum Gasteiger partial charge on any atom is 0.420 e. The highest BCUT2D eigenvalue weighted by molar-refractivity contribution is 5.93. The fourth-order valence-electron chi connectivity index (χ4n) is 0.863. The highest BCUT2D eigenvalue weighted by Crippen LogP contribution is 2.36. The van der Waals surface area contributed by atoms with Crippen LogP contribution in [0.5, 0.6) is 5.75 Å². The second kappa shape index (κ2) is 3.17. The summed E-state index contributed by atoms with van der Waals surface area (Å²) in [7, 11) is 0. The van der Waals surface area contributed by atoms with Gasteiger partial charge < -0.3 is 10.8 Å². The zero-order valence-electron chi connectivity index (χ0n) is 6.67. The minimum Gasteiger partial charge on any atom is -0.505 e. The molecule has 76 valence electrons. The average molecular weight is 206 g/mol. The van der Waals surface area contributed by atoms with Crippen molar-refractivity contribution in [1.82, 2.24) is 4.98 Å². The van der Waals surface area contributed by atoms with Gasteiger partial charge in [-0.05, 0) is 6.07 Å². The number of hydrogen-bond donors (Lipinski definition) is 2. The zero-order valence-corrected chi connectivity index (χ0v) is 6.67. The van der Waals surface area contributed by atoms with E-state index in [4.69, 9.17) is 10.8 Å². The summed E-state index contributed by atoms with van der Waals surface area (Å²) in [6.45, 7) is 0. The summed E-state index contributed by atoms with van der Waals surface area (Å²) in [5.74, 6) is -2.46. The van der Waals surface area contributed by atoms with Gasteiger partial charge >= 0.3 is 6.18 Å². The lowest BCUT2D eigenvalue weighted by Gasteiger charge is -2.09.